The van der Waals surface area contributed by atoms with Crippen molar-refractivity contribution in [3.8, 4) is 0 Å². The van der Waals surface area contributed by atoms with Gasteiger partial charge < -0.3 is 10.1 Å². The summed E-state index contributed by atoms with van der Waals surface area (Å²) in [6.45, 7) is 0.240. The van der Waals surface area contributed by atoms with Crippen LogP contribution in [0.5, 0.6) is 0 Å². The van der Waals surface area contributed by atoms with Crippen molar-refractivity contribution in [1.82, 2.24) is 9.38 Å². The van der Waals surface area contributed by atoms with Gasteiger partial charge in [0.2, 0.25) is 0 Å². The number of imidazole rings is 1. The van der Waals surface area contributed by atoms with Gasteiger partial charge in [0.15, 0.2) is 5.82 Å². The minimum atomic E-state index is -0.319. The van der Waals surface area contributed by atoms with Crippen LogP contribution >= 0.6 is 28.3 Å². The van der Waals surface area contributed by atoms with E-state index in [9.17, 15) is 4.39 Å². The van der Waals surface area contributed by atoms with Gasteiger partial charge >= 0.3 is 0 Å². The van der Waals surface area contributed by atoms with Crippen LogP contribution < -0.4 is 5.73 Å². The zero-order chi connectivity index (χ0) is 9.42. The van der Waals surface area contributed by atoms with E-state index in [1.165, 1.54) is 0 Å². The van der Waals surface area contributed by atoms with E-state index in [1.54, 1.807) is 23.0 Å². The Morgan fingerprint density at radius 2 is 2.29 bits per heavy atom. The highest BCUT2D eigenvalue weighted by molar-refractivity contribution is 9.10. The van der Waals surface area contributed by atoms with Gasteiger partial charge in [0.25, 0.3) is 0 Å². The normalized spacial score (nSPS) is 10.2. The molecular formula is C8H8BrClFN3. The van der Waals surface area contributed by atoms with Gasteiger partial charge in [-0.25, -0.2) is 9.37 Å². The van der Waals surface area contributed by atoms with Crippen LogP contribution in [0.15, 0.2) is 23.1 Å². The van der Waals surface area contributed by atoms with E-state index in [-0.39, 0.29) is 24.8 Å². The van der Waals surface area contributed by atoms with E-state index in [2.05, 4.69) is 20.9 Å². The summed E-state index contributed by atoms with van der Waals surface area (Å²) in [5.41, 5.74) is 6.43. The average molecular weight is 281 g/mol. The van der Waals surface area contributed by atoms with Crippen LogP contribution in [-0.2, 0) is 6.54 Å². The lowest BCUT2D eigenvalue weighted by Crippen LogP contribution is -1.99. The zero-order valence-electron chi connectivity index (χ0n) is 7.08. The Hall–Kier alpha value is -0.650. The molecule has 2 aromatic heterocycles. The van der Waals surface area contributed by atoms with Gasteiger partial charge in [-0.15, -0.1) is 12.4 Å². The van der Waals surface area contributed by atoms with Crippen LogP contribution in [0.3, 0.4) is 0 Å². The van der Waals surface area contributed by atoms with E-state index < -0.39 is 0 Å². The van der Waals surface area contributed by atoms with Gasteiger partial charge in [-0.3, -0.25) is 0 Å². The second-order valence-corrected chi connectivity index (χ2v) is 3.48. The number of hydrogen-bond donors (Lipinski definition) is 1. The van der Waals surface area contributed by atoms with Crippen molar-refractivity contribution in [1.29, 1.82) is 0 Å². The zero-order valence-corrected chi connectivity index (χ0v) is 9.48. The third-order valence-corrected chi connectivity index (χ3v) is 2.47. The van der Waals surface area contributed by atoms with Crippen molar-refractivity contribution in [2.45, 2.75) is 6.54 Å². The predicted molar refractivity (Wildman–Crippen MR) is 58.0 cm³/mol. The molecule has 0 unspecified atom stereocenters. The molecular weight excluding hydrogens is 272 g/mol. The number of aromatic nitrogens is 2. The van der Waals surface area contributed by atoms with Gasteiger partial charge in [0.1, 0.15) is 5.52 Å². The van der Waals surface area contributed by atoms with Gasteiger partial charge in [0, 0.05) is 12.7 Å². The van der Waals surface area contributed by atoms with E-state index >= 15 is 0 Å². The highest BCUT2D eigenvalue weighted by atomic mass is 79.9. The monoisotopic (exact) mass is 279 g/mol. The van der Waals surface area contributed by atoms with E-state index in [4.69, 9.17) is 5.73 Å². The SMILES string of the molecule is Cl.NCc1ncn2ccc(Br)c(F)c12. The van der Waals surface area contributed by atoms with Crippen LogP contribution in [-0.4, -0.2) is 9.38 Å². The number of halogens is 3. The van der Waals surface area contributed by atoms with Gasteiger partial charge in [-0.1, -0.05) is 0 Å². The second kappa shape index (κ2) is 4.25. The summed E-state index contributed by atoms with van der Waals surface area (Å²) in [6, 6.07) is 1.63. The Morgan fingerprint density at radius 3 is 2.93 bits per heavy atom. The Kier molecular flexibility index (Phi) is 3.47. The topological polar surface area (TPSA) is 43.3 Å². The highest BCUT2D eigenvalue weighted by Crippen LogP contribution is 2.21. The van der Waals surface area contributed by atoms with Crippen LogP contribution in [0.1, 0.15) is 5.69 Å². The Labute approximate surface area is 94.7 Å². The molecule has 0 amide bonds. The maximum atomic E-state index is 13.5. The third kappa shape index (κ3) is 1.63. The summed E-state index contributed by atoms with van der Waals surface area (Å²) in [6.07, 6.45) is 3.28. The fourth-order valence-corrected chi connectivity index (χ4v) is 1.54. The molecule has 6 heteroatoms. The molecule has 0 aliphatic heterocycles. The van der Waals surface area contributed by atoms with Gasteiger partial charge in [0.05, 0.1) is 16.5 Å². The Morgan fingerprint density at radius 1 is 1.57 bits per heavy atom. The van der Waals surface area contributed by atoms with Crippen molar-refractivity contribution < 1.29 is 4.39 Å². The summed E-state index contributed by atoms with van der Waals surface area (Å²) in [7, 11) is 0. The Balaban J connectivity index is 0.000000980. The molecule has 76 valence electrons. The number of hydrogen-bond acceptors (Lipinski definition) is 2. The number of nitrogens with two attached hydrogens (primary N) is 1. The van der Waals surface area contributed by atoms with E-state index in [0.717, 1.165) is 0 Å². The van der Waals surface area contributed by atoms with E-state index in [1.807, 2.05) is 0 Å². The summed E-state index contributed by atoms with van der Waals surface area (Å²) in [5, 5.41) is 0. The second-order valence-electron chi connectivity index (χ2n) is 2.63. The summed E-state index contributed by atoms with van der Waals surface area (Å²) in [5.74, 6) is -0.319. The lowest BCUT2D eigenvalue weighted by Gasteiger charge is -1.99. The molecule has 0 saturated carbocycles. The maximum absolute atomic E-state index is 13.5. The summed E-state index contributed by atoms with van der Waals surface area (Å²) < 4.78 is 15.6. The molecule has 0 saturated heterocycles. The number of nitrogens with zero attached hydrogens (tertiary/aromatic N) is 2. The molecule has 0 aromatic carbocycles. The van der Waals surface area contributed by atoms with Crippen LogP contribution in [0.2, 0.25) is 0 Å². The molecule has 0 fully saturated rings. The molecule has 0 atom stereocenters. The molecule has 2 rings (SSSR count). The molecule has 3 nitrogen and oxygen atoms in total. The smallest absolute Gasteiger partial charge is 0.163 e. The molecule has 14 heavy (non-hydrogen) atoms. The fraction of sp³-hybridized carbons (Fsp3) is 0.125. The van der Waals surface area contributed by atoms with Crippen molar-refractivity contribution >= 4 is 33.9 Å². The third-order valence-electron chi connectivity index (χ3n) is 1.86. The maximum Gasteiger partial charge on any atom is 0.163 e. The van der Waals surface area contributed by atoms with Crippen molar-refractivity contribution in [2.75, 3.05) is 0 Å². The van der Waals surface area contributed by atoms with Crippen molar-refractivity contribution in [3.63, 3.8) is 0 Å². The predicted octanol–water partition coefficient (Wildman–Crippen LogP) is 2.12. The first-order valence-corrected chi connectivity index (χ1v) is 4.53. The molecule has 0 spiro atoms. The molecule has 0 aliphatic carbocycles. The minimum Gasteiger partial charge on any atom is -0.325 e. The minimum absolute atomic E-state index is 0. The number of pyridine rings is 1. The number of fused-ring (bicyclic) bond motifs is 1. The molecule has 0 aliphatic rings. The van der Waals surface area contributed by atoms with Crippen molar-refractivity contribution in [3.05, 3.63) is 34.6 Å². The Bertz CT molecular complexity index is 457. The highest BCUT2D eigenvalue weighted by Gasteiger charge is 2.10. The van der Waals surface area contributed by atoms with Crippen LogP contribution in [0.25, 0.3) is 5.52 Å². The first kappa shape index (κ1) is 11.4. The lowest BCUT2D eigenvalue weighted by atomic mass is 10.3. The largest absolute Gasteiger partial charge is 0.325 e. The van der Waals surface area contributed by atoms with Gasteiger partial charge in [-0.2, -0.15) is 0 Å². The lowest BCUT2D eigenvalue weighted by molar-refractivity contribution is 0.625. The van der Waals surface area contributed by atoms with Crippen LogP contribution in [0.4, 0.5) is 4.39 Å². The van der Waals surface area contributed by atoms with Crippen molar-refractivity contribution in [2.24, 2.45) is 5.73 Å². The van der Waals surface area contributed by atoms with Crippen LogP contribution in [0, 0.1) is 5.82 Å². The molecule has 0 radical (unpaired) electrons. The summed E-state index contributed by atoms with van der Waals surface area (Å²) >= 11 is 3.11. The summed E-state index contributed by atoms with van der Waals surface area (Å²) in [4.78, 5) is 3.99. The molecule has 2 N–H and O–H groups in total. The first-order chi connectivity index (χ1) is 6.24. The van der Waals surface area contributed by atoms with E-state index in [0.29, 0.717) is 15.7 Å². The number of rotatable bonds is 1. The molecule has 0 bridgehead atoms. The standard InChI is InChI=1S/C8H7BrFN3.ClH/c9-5-1-2-13-4-12-6(3-11)8(13)7(5)10;/h1-2,4H,3,11H2;1H. The van der Waals surface area contributed by atoms with Gasteiger partial charge in [-0.05, 0) is 22.0 Å². The quantitative estimate of drug-likeness (QED) is 0.869. The molecule has 2 aromatic rings. The average Bonchev–Trinajstić information content (AvgIpc) is 2.55. The first-order valence-electron chi connectivity index (χ1n) is 3.73. The fourth-order valence-electron chi connectivity index (χ4n) is 1.23. The molecule has 2 heterocycles.